The number of halogens is 2. The van der Waals surface area contributed by atoms with Gasteiger partial charge in [0.15, 0.2) is 0 Å². The van der Waals surface area contributed by atoms with Crippen LogP contribution in [0.4, 0.5) is 11.4 Å². The number of sulfonamides is 1. The maximum Gasteiger partial charge on any atom is 0.263 e. The minimum Gasteiger partial charge on any atom is -0.312 e. The highest BCUT2D eigenvalue weighted by Crippen LogP contribution is 2.31. The Morgan fingerprint density at radius 1 is 1.04 bits per heavy atom. The third kappa shape index (κ3) is 3.68. The molecule has 2 aromatic rings. The van der Waals surface area contributed by atoms with Crippen LogP contribution in [0.15, 0.2) is 35.2 Å². The van der Waals surface area contributed by atoms with E-state index in [2.05, 4.69) is 4.72 Å². The van der Waals surface area contributed by atoms with Crippen LogP contribution in [0.3, 0.4) is 0 Å². The second-order valence-electron chi connectivity index (χ2n) is 6.29. The van der Waals surface area contributed by atoms with Gasteiger partial charge in [-0.25, -0.2) is 8.42 Å². The standard InChI is InChI=1S/C18H18Cl2N2O3S/c1-11-9-17(15(20)10-14(11)19)26(24,25)21-13-5-6-16(12(2)8-13)22-7-3-4-18(22)23/h5-6,8-10,21H,3-4,7H2,1-2H3. The maximum atomic E-state index is 12.7. The van der Waals surface area contributed by atoms with E-state index in [0.29, 0.717) is 29.2 Å². The van der Waals surface area contributed by atoms with Crippen molar-refractivity contribution in [2.24, 2.45) is 0 Å². The summed E-state index contributed by atoms with van der Waals surface area (Å²) in [7, 11) is -3.86. The SMILES string of the molecule is Cc1cc(S(=O)(=O)Nc2ccc(N3CCCC3=O)c(C)c2)c(Cl)cc1Cl. The van der Waals surface area contributed by atoms with Gasteiger partial charge in [0.1, 0.15) is 4.90 Å². The van der Waals surface area contributed by atoms with E-state index >= 15 is 0 Å². The van der Waals surface area contributed by atoms with E-state index in [1.807, 2.05) is 6.92 Å². The number of anilines is 2. The molecule has 1 aliphatic heterocycles. The maximum absolute atomic E-state index is 12.7. The zero-order valence-electron chi connectivity index (χ0n) is 14.3. The average Bonchev–Trinajstić information content (AvgIpc) is 2.96. The number of carbonyl (C=O) groups is 1. The van der Waals surface area contributed by atoms with E-state index in [0.717, 1.165) is 17.7 Å². The molecule has 0 aliphatic carbocycles. The molecular weight excluding hydrogens is 395 g/mol. The summed E-state index contributed by atoms with van der Waals surface area (Å²) in [5.41, 5.74) is 2.65. The summed E-state index contributed by atoms with van der Waals surface area (Å²) in [6.07, 6.45) is 1.38. The lowest BCUT2D eigenvalue weighted by atomic mass is 10.1. The number of hydrogen-bond acceptors (Lipinski definition) is 3. The van der Waals surface area contributed by atoms with Crippen LogP contribution in [-0.2, 0) is 14.8 Å². The highest BCUT2D eigenvalue weighted by Gasteiger charge is 2.24. The fourth-order valence-corrected chi connectivity index (χ4v) is 4.85. The number of nitrogens with zero attached hydrogens (tertiary/aromatic N) is 1. The summed E-state index contributed by atoms with van der Waals surface area (Å²) in [5, 5.41) is 0.466. The van der Waals surface area contributed by atoms with Gasteiger partial charge in [0.2, 0.25) is 5.91 Å². The van der Waals surface area contributed by atoms with E-state index in [9.17, 15) is 13.2 Å². The first-order valence-electron chi connectivity index (χ1n) is 8.08. The van der Waals surface area contributed by atoms with E-state index in [-0.39, 0.29) is 15.8 Å². The molecule has 0 aromatic heterocycles. The minimum absolute atomic E-state index is 0.0301. The van der Waals surface area contributed by atoms with E-state index in [1.165, 1.54) is 12.1 Å². The molecule has 1 N–H and O–H groups in total. The second-order valence-corrected chi connectivity index (χ2v) is 8.75. The van der Waals surface area contributed by atoms with Gasteiger partial charge in [0.25, 0.3) is 10.0 Å². The third-order valence-corrected chi connectivity index (χ3v) is 6.57. The van der Waals surface area contributed by atoms with Crippen LogP contribution in [0.1, 0.15) is 24.0 Å². The predicted octanol–water partition coefficient (Wildman–Crippen LogP) is 4.54. The number of rotatable bonds is 4. The fourth-order valence-electron chi connectivity index (χ4n) is 2.97. The molecule has 5 nitrogen and oxygen atoms in total. The fraction of sp³-hybridized carbons (Fsp3) is 0.278. The van der Waals surface area contributed by atoms with Crippen LogP contribution >= 0.6 is 23.2 Å². The van der Waals surface area contributed by atoms with Crippen LogP contribution in [0, 0.1) is 13.8 Å². The molecule has 1 aliphatic rings. The van der Waals surface area contributed by atoms with Gasteiger partial charge < -0.3 is 4.90 Å². The van der Waals surface area contributed by atoms with Crippen LogP contribution < -0.4 is 9.62 Å². The lowest BCUT2D eigenvalue weighted by Crippen LogP contribution is -2.24. The van der Waals surface area contributed by atoms with Crippen molar-refractivity contribution < 1.29 is 13.2 Å². The van der Waals surface area contributed by atoms with Crippen LogP contribution in [0.2, 0.25) is 10.0 Å². The van der Waals surface area contributed by atoms with Crippen LogP contribution in [-0.4, -0.2) is 20.9 Å². The van der Waals surface area contributed by atoms with Gasteiger partial charge in [-0.1, -0.05) is 23.2 Å². The molecule has 1 fully saturated rings. The van der Waals surface area contributed by atoms with Crippen molar-refractivity contribution in [1.29, 1.82) is 0 Å². The lowest BCUT2D eigenvalue weighted by Gasteiger charge is -2.19. The van der Waals surface area contributed by atoms with Gasteiger partial charge in [-0.3, -0.25) is 9.52 Å². The van der Waals surface area contributed by atoms with Gasteiger partial charge in [-0.05, 0) is 61.7 Å². The molecule has 1 saturated heterocycles. The number of benzene rings is 2. The number of amides is 1. The lowest BCUT2D eigenvalue weighted by molar-refractivity contribution is -0.117. The van der Waals surface area contributed by atoms with Crippen LogP contribution in [0.25, 0.3) is 0 Å². The number of hydrogen-bond donors (Lipinski definition) is 1. The van der Waals surface area contributed by atoms with Gasteiger partial charge in [-0.15, -0.1) is 0 Å². The molecule has 0 spiro atoms. The summed E-state index contributed by atoms with van der Waals surface area (Å²) in [6.45, 7) is 4.24. The topological polar surface area (TPSA) is 66.5 Å². The number of carbonyl (C=O) groups excluding carboxylic acids is 1. The summed E-state index contributed by atoms with van der Waals surface area (Å²) in [5.74, 6) is 0.0878. The molecule has 0 saturated carbocycles. The highest BCUT2D eigenvalue weighted by molar-refractivity contribution is 7.92. The molecule has 138 valence electrons. The van der Waals surface area contributed by atoms with Crippen molar-refractivity contribution >= 4 is 50.5 Å². The number of aryl methyl sites for hydroxylation is 2. The zero-order valence-corrected chi connectivity index (χ0v) is 16.7. The largest absolute Gasteiger partial charge is 0.312 e. The van der Waals surface area contributed by atoms with Crippen molar-refractivity contribution in [1.82, 2.24) is 0 Å². The Hall–Kier alpha value is -1.76. The Kier molecular flexibility index (Phi) is 5.19. The van der Waals surface area contributed by atoms with Gasteiger partial charge in [0.05, 0.1) is 5.02 Å². The van der Waals surface area contributed by atoms with E-state index in [4.69, 9.17) is 23.2 Å². The normalized spacial score (nSPS) is 14.8. The van der Waals surface area contributed by atoms with Gasteiger partial charge in [0, 0.05) is 29.4 Å². The van der Waals surface area contributed by atoms with Gasteiger partial charge >= 0.3 is 0 Å². The molecular formula is C18H18Cl2N2O3S. The van der Waals surface area contributed by atoms with Gasteiger partial charge in [-0.2, -0.15) is 0 Å². The first kappa shape index (κ1) is 19.0. The monoisotopic (exact) mass is 412 g/mol. The van der Waals surface area contributed by atoms with E-state index < -0.39 is 10.0 Å². The molecule has 3 rings (SSSR count). The molecule has 0 bridgehead atoms. The molecule has 0 atom stereocenters. The average molecular weight is 413 g/mol. The van der Waals surface area contributed by atoms with Crippen molar-refractivity contribution in [3.8, 4) is 0 Å². The molecule has 26 heavy (non-hydrogen) atoms. The Bertz CT molecular complexity index is 990. The summed E-state index contributed by atoms with van der Waals surface area (Å²) >= 11 is 12.0. The first-order valence-corrected chi connectivity index (χ1v) is 10.3. The Morgan fingerprint density at radius 2 is 1.77 bits per heavy atom. The summed E-state index contributed by atoms with van der Waals surface area (Å²) < 4.78 is 27.9. The molecule has 1 heterocycles. The molecule has 0 radical (unpaired) electrons. The van der Waals surface area contributed by atoms with Crippen molar-refractivity contribution in [2.75, 3.05) is 16.2 Å². The predicted molar refractivity (Wildman–Crippen MR) is 105 cm³/mol. The van der Waals surface area contributed by atoms with Crippen molar-refractivity contribution in [2.45, 2.75) is 31.6 Å². The molecule has 8 heteroatoms. The quantitative estimate of drug-likeness (QED) is 0.801. The first-order chi connectivity index (χ1) is 12.2. The van der Waals surface area contributed by atoms with Crippen LogP contribution in [0.5, 0.6) is 0 Å². The summed E-state index contributed by atoms with van der Waals surface area (Å²) in [4.78, 5) is 13.6. The minimum atomic E-state index is -3.86. The zero-order chi connectivity index (χ0) is 19.1. The number of nitrogens with one attached hydrogen (secondary N) is 1. The molecule has 2 aromatic carbocycles. The third-order valence-electron chi connectivity index (χ3n) is 4.32. The molecule has 1 amide bonds. The Morgan fingerprint density at radius 3 is 2.38 bits per heavy atom. The van der Waals surface area contributed by atoms with Crippen molar-refractivity contribution in [3.05, 3.63) is 51.5 Å². The summed E-state index contributed by atoms with van der Waals surface area (Å²) in [6, 6.07) is 7.96. The smallest absolute Gasteiger partial charge is 0.263 e. The molecule has 0 unspecified atom stereocenters. The van der Waals surface area contributed by atoms with Crippen molar-refractivity contribution in [3.63, 3.8) is 0 Å². The Balaban J connectivity index is 1.90. The highest BCUT2D eigenvalue weighted by atomic mass is 35.5. The second kappa shape index (κ2) is 7.10. The Labute approximate surface area is 163 Å². The van der Waals surface area contributed by atoms with E-state index in [1.54, 1.807) is 30.0 Å².